The maximum atomic E-state index is 14.2. The van der Waals surface area contributed by atoms with Gasteiger partial charge in [-0.05, 0) is 47.5 Å². The quantitative estimate of drug-likeness (QED) is 0.545. The molecular weight excluding hydrogens is 350 g/mol. The number of methoxy groups -OCH3 is 1. The molecule has 5 nitrogen and oxygen atoms in total. The number of hydrogen-bond acceptors (Lipinski definition) is 4. The molecule has 0 bridgehead atoms. The fraction of sp³-hybridized carbons (Fsp3) is 0.100. The number of H-pyrrole nitrogens is 1. The Bertz CT molecular complexity index is 1070. The van der Waals surface area contributed by atoms with Gasteiger partial charge in [-0.3, -0.25) is 4.98 Å². The smallest absolute Gasteiger partial charge is 0.190 e. The summed E-state index contributed by atoms with van der Waals surface area (Å²) in [5, 5.41) is 3.97. The highest BCUT2D eigenvalue weighted by atomic mass is 19.1. The molecule has 0 aliphatic carbocycles. The van der Waals surface area contributed by atoms with Crippen LogP contribution >= 0.6 is 0 Å². The molecule has 0 saturated heterocycles. The van der Waals surface area contributed by atoms with Crippen molar-refractivity contribution in [1.29, 1.82) is 0 Å². The average molecular weight is 366 g/mol. The van der Waals surface area contributed by atoms with E-state index in [0.29, 0.717) is 29.1 Å². The summed E-state index contributed by atoms with van der Waals surface area (Å²) in [6.45, 7) is 0.477. The largest absolute Gasteiger partial charge is 0.491 e. The standard InChI is InChI=1S/C20H16F2N4O/c1-27-19-16(21)8-12(9-17(19)22)15-10-18(26-20-14(15)5-7-24-20)25-11-13-4-2-3-6-23-13/h2-10H,11H2,1H3,(H2,24,25,26). The highest BCUT2D eigenvalue weighted by molar-refractivity contribution is 5.94. The molecule has 3 heterocycles. The van der Waals surface area contributed by atoms with Crippen molar-refractivity contribution in [2.75, 3.05) is 12.4 Å². The van der Waals surface area contributed by atoms with E-state index in [1.807, 2.05) is 24.3 Å². The summed E-state index contributed by atoms with van der Waals surface area (Å²) in [5.41, 5.74) is 2.53. The van der Waals surface area contributed by atoms with E-state index in [-0.39, 0.29) is 0 Å². The first-order chi connectivity index (χ1) is 13.2. The second kappa shape index (κ2) is 7.03. The number of nitrogens with zero attached hydrogens (tertiary/aromatic N) is 2. The van der Waals surface area contributed by atoms with Crippen molar-refractivity contribution in [1.82, 2.24) is 15.0 Å². The fourth-order valence-corrected chi connectivity index (χ4v) is 2.96. The molecule has 0 radical (unpaired) electrons. The van der Waals surface area contributed by atoms with Crippen LogP contribution < -0.4 is 10.1 Å². The lowest BCUT2D eigenvalue weighted by Crippen LogP contribution is -2.03. The van der Waals surface area contributed by atoms with E-state index in [1.165, 1.54) is 19.2 Å². The number of halogens is 2. The van der Waals surface area contributed by atoms with Crippen molar-refractivity contribution in [2.24, 2.45) is 0 Å². The number of anilines is 1. The van der Waals surface area contributed by atoms with E-state index < -0.39 is 17.4 Å². The molecule has 1 aromatic carbocycles. The first-order valence-electron chi connectivity index (χ1n) is 8.31. The SMILES string of the molecule is COc1c(F)cc(-c2cc(NCc3ccccn3)nc3[nH]ccc23)cc1F. The molecule has 0 atom stereocenters. The second-order valence-electron chi connectivity index (χ2n) is 5.94. The minimum atomic E-state index is -0.754. The van der Waals surface area contributed by atoms with Crippen LogP contribution in [-0.4, -0.2) is 22.1 Å². The molecule has 0 aliphatic rings. The molecule has 136 valence electrons. The topological polar surface area (TPSA) is 62.8 Å². The van der Waals surface area contributed by atoms with Gasteiger partial charge in [0.1, 0.15) is 11.5 Å². The van der Waals surface area contributed by atoms with Crippen LogP contribution in [0.25, 0.3) is 22.2 Å². The summed E-state index contributed by atoms with van der Waals surface area (Å²) in [5.74, 6) is -1.33. The lowest BCUT2D eigenvalue weighted by atomic mass is 10.0. The van der Waals surface area contributed by atoms with E-state index in [9.17, 15) is 8.78 Å². The first kappa shape index (κ1) is 17.0. The Morgan fingerprint density at radius 3 is 2.63 bits per heavy atom. The van der Waals surface area contributed by atoms with Crippen LogP contribution in [0.3, 0.4) is 0 Å². The monoisotopic (exact) mass is 366 g/mol. The van der Waals surface area contributed by atoms with Gasteiger partial charge in [0.2, 0.25) is 0 Å². The van der Waals surface area contributed by atoms with Crippen LogP contribution in [0.5, 0.6) is 5.75 Å². The van der Waals surface area contributed by atoms with Gasteiger partial charge < -0.3 is 15.0 Å². The summed E-state index contributed by atoms with van der Waals surface area (Å²) in [4.78, 5) is 11.8. The van der Waals surface area contributed by atoms with Gasteiger partial charge >= 0.3 is 0 Å². The van der Waals surface area contributed by atoms with E-state index >= 15 is 0 Å². The van der Waals surface area contributed by atoms with Crippen LogP contribution in [0.1, 0.15) is 5.69 Å². The zero-order valence-corrected chi connectivity index (χ0v) is 14.5. The number of fused-ring (bicyclic) bond motifs is 1. The summed E-state index contributed by atoms with van der Waals surface area (Å²) in [7, 11) is 1.23. The summed E-state index contributed by atoms with van der Waals surface area (Å²) in [6.07, 6.45) is 3.45. The van der Waals surface area contributed by atoms with Gasteiger partial charge in [-0.1, -0.05) is 6.07 Å². The third-order valence-electron chi connectivity index (χ3n) is 4.22. The molecule has 2 N–H and O–H groups in total. The minimum absolute atomic E-state index is 0.397. The third-order valence-corrected chi connectivity index (χ3v) is 4.22. The van der Waals surface area contributed by atoms with E-state index in [0.717, 1.165) is 11.1 Å². The van der Waals surface area contributed by atoms with Crippen molar-refractivity contribution in [3.63, 3.8) is 0 Å². The van der Waals surface area contributed by atoms with Gasteiger partial charge in [0.15, 0.2) is 17.4 Å². The van der Waals surface area contributed by atoms with Gasteiger partial charge in [-0.15, -0.1) is 0 Å². The molecule has 0 unspecified atom stereocenters. The van der Waals surface area contributed by atoms with Crippen molar-refractivity contribution in [3.8, 4) is 16.9 Å². The van der Waals surface area contributed by atoms with Crippen molar-refractivity contribution in [2.45, 2.75) is 6.54 Å². The van der Waals surface area contributed by atoms with Gasteiger partial charge in [0.05, 0.1) is 19.3 Å². The Kier molecular flexibility index (Phi) is 4.42. The number of pyridine rings is 2. The maximum absolute atomic E-state index is 14.2. The molecule has 0 saturated carbocycles. The van der Waals surface area contributed by atoms with Gasteiger partial charge in [-0.2, -0.15) is 0 Å². The molecular formula is C20H16F2N4O. The Labute approximate surface area is 154 Å². The van der Waals surface area contributed by atoms with Crippen LogP contribution in [0.15, 0.2) is 54.9 Å². The number of nitrogens with one attached hydrogen (secondary N) is 2. The van der Waals surface area contributed by atoms with Gasteiger partial charge in [0.25, 0.3) is 0 Å². The number of rotatable bonds is 5. The Morgan fingerprint density at radius 1 is 1.11 bits per heavy atom. The maximum Gasteiger partial charge on any atom is 0.190 e. The molecule has 0 fully saturated rings. The zero-order valence-electron chi connectivity index (χ0n) is 14.5. The number of benzene rings is 1. The summed E-state index contributed by atoms with van der Waals surface area (Å²) in [6, 6.07) is 11.7. The van der Waals surface area contributed by atoms with Gasteiger partial charge in [0, 0.05) is 17.8 Å². The van der Waals surface area contributed by atoms with E-state index in [1.54, 1.807) is 18.5 Å². The Hall–Kier alpha value is -3.48. The zero-order chi connectivity index (χ0) is 18.8. The van der Waals surface area contributed by atoms with Crippen molar-refractivity contribution < 1.29 is 13.5 Å². The minimum Gasteiger partial charge on any atom is -0.491 e. The molecule has 3 aromatic heterocycles. The van der Waals surface area contributed by atoms with Crippen molar-refractivity contribution >= 4 is 16.9 Å². The summed E-state index contributed by atoms with van der Waals surface area (Å²) >= 11 is 0. The molecule has 27 heavy (non-hydrogen) atoms. The predicted octanol–water partition coefficient (Wildman–Crippen LogP) is 4.52. The second-order valence-corrected chi connectivity index (χ2v) is 5.94. The van der Waals surface area contributed by atoms with Crippen LogP contribution in [0.4, 0.5) is 14.6 Å². The molecule has 7 heteroatoms. The highest BCUT2D eigenvalue weighted by Gasteiger charge is 2.15. The van der Waals surface area contributed by atoms with E-state index in [2.05, 4.69) is 20.3 Å². The van der Waals surface area contributed by atoms with Crippen molar-refractivity contribution in [3.05, 3.63) is 72.2 Å². The number of ether oxygens (including phenoxy) is 1. The summed E-state index contributed by atoms with van der Waals surface area (Å²) < 4.78 is 33.1. The molecule has 4 aromatic rings. The van der Waals surface area contributed by atoms with Crippen LogP contribution in [0, 0.1) is 11.6 Å². The molecule has 4 rings (SSSR count). The average Bonchev–Trinajstić information content (AvgIpc) is 3.15. The number of aromatic nitrogens is 3. The first-order valence-corrected chi connectivity index (χ1v) is 8.31. The lowest BCUT2D eigenvalue weighted by molar-refractivity contribution is 0.360. The molecule has 0 amide bonds. The van der Waals surface area contributed by atoms with E-state index in [4.69, 9.17) is 4.74 Å². The lowest BCUT2D eigenvalue weighted by Gasteiger charge is -2.11. The van der Waals surface area contributed by atoms with Crippen LogP contribution in [-0.2, 0) is 6.54 Å². The Balaban J connectivity index is 1.75. The van der Waals surface area contributed by atoms with Crippen LogP contribution in [0.2, 0.25) is 0 Å². The molecule has 0 aliphatic heterocycles. The van der Waals surface area contributed by atoms with Gasteiger partial charge in [-0.25, -0.2) is 13.8 Å². The Morgan fingerprint density at radius 2 is 1.93 bits per heavy atom. The number of aromatic amines is 1. The number of hydrogen-bond donors (Lipinski definition) is 2. The predicted molar refractivity (Wildman–Crippen MR) is 99.6 cm³/mol. The third kappa shape index (κ3) is 3.31. The molecule has 0 spiro atoms. The highest BCUT2D eigenvalue weighted by Crippen LogP contribution is 2.34. The normalized spacial score (nSPS) is 10.9. The fourth-order valence-electron chi connectivity index (χ4n) is 2.96.